The zero-order chi connectivity index (χ0) is 12.4. The van der Waals surface area contributed by atoms with Gasteiger partial charge < -0.3 is 0 Å². The van der Waals surface area contributed by atoms with E-state index in [1.807, 2.05) is 0 Å². The second-order valence-electron chi connectivity index (χ2n) is 5.33. The lowest BCUT2D eigenvalue weighted by Crippen LogP contribution is -2.19. The summed E-state index contributed by atoms with van der Waals surface area (Å²) in [5.41, 5.74) is 3.17. The quantitative estimate of drug-likeness (QED) is 0.808. The van der Waals surface area contributed by atoms with Gasteiger partial charge in [-0.1, -0.05) is 41.5 Å². The normalized spacial score (nSPS) is 26.5. The van der Waals surface area contributed by atoms with Crippen LogP contribution in [0.2, 0.25) is 0 Å². The van der Waals surface area contributed by atoms with Crippen molar-refractivity contribution in [3.8, 4) is 0 Å². The minimum atomic E-state index is 0.630. The Morgan fingerprint density at radius 2 is 1.94 bits per heavy atom. The molecule has 0 saturated heterocycles. The second kappa shape index (κ2) is 5.33. The molecule has 3 rings (SSSR count). The maximum Gasteiger partial charge on any atom is 0.0228 e. The van der Waals surface area contributed by atoms with Crippen LogP contribution in [0.3, 0.4) is 0 Å². The summed E-state index contributed by atoms with van der Waals surface area (Å²) in [5, 5.41) is 0. The van der Waals surface area contributed by atoms with E-state index in [1.165, 1.54) is 29.7 Å². The Bertz CT molecular complexity index is 475. The molecule has 0 spiro atoms. The highest BCUT2D eigenvalue weighted by atomic mass is 32.2. The first-order chi connectivity index (χ1) is 8.81. The van der Waals surface area contributed by atoms with Crippen molar-refractivity contribution in [1.82, 2.24) is 4.72 Å². The van der Waals surface area contributed by atoms with E-state index in [2.05, 4.69) is 54.1 Å². The summed E-state index contributed by atoms with van der Waals surface area (Å²) >= 11 is 1.77. The van der Waals surface area contributed by atoms with E-state index in [9.17, 15) is 0 Å². The van der Waals surface area contributed by atoms with Crippen molar-refractivity contribution in [3.63, 3.8) is 0 Å². The first kappa shape index (κ1) is 12.1. The van der Waals surface area contributed by atoms with Crippen LogP contribution >= 0.6 is 11.9 Å². The van der Waals surface area contributed by atoms with Gasteiger partial charge >= 0.3 is 0 Å². The van der Waals surface area contributed by atoms with E-state index in [-0.39, 0.29) is 0 Å². The Labute approximate surface area is 113 Å². The molecule has 1 fully saturated rings. The van der Waals surface area contributed by atoms with E-state index in [0.717, 1.165) is 5.92 Å². The van der Waals surface area contributed by atoms with Gasteiger partial charge in [0, 0.05) is 10.9 Å². The third-order valence-electron chi connectivity index (χ3n) is 3.81. The molecule has 2 aliphatic carbocycles. The van der Waals surface area contributed by atoms with E-state index in [1.54, 1.807) is 17.5 Å². The van der Waals surface area contributed by atoms with Crippen LogP contribution in [0.4, 0.5) is 0 Å². The van der Waals surface area contributed by atoms with Crippen molar-refractivity contribution in [2.24, 2.45) is 5.92 Å². The van der Waals surface area contributed by atoms with Crippen molar-refractivity contribution >= 4 is 11.9 Å². The molecular formula is C16H19NS. The van der Waals surface area contributed by atoms with Gasteiger partial charge in [0.15, 0.2) is 0 Å². The van der Waals surface area contributed by atoms with Gasteiger partial charge in [-0.2, -0.15) is 0 Å². The number of benzene rings is 1. The molecule has 0 bridgehead atoms. The van der Waals surface area contributed by atoms with E-state index < -0.39 is 0 Å². The maximum absolute atomic E-state index is 3.62. The van der Waals surface area contributed by atoms with Crippen LogP contribution in [-0.2, 0) is 0 Å². The van der Waals surface area contributed by atoms with Crippen molar-refractivity contribution in [2.75, 3.05) is 0 Å². The predicted octanol–water partition coefficient (Wildman–Crippen LogP) is 4.34. The third-order valence-corrected chi connectivity index (χ3v) is 4.77. The first-order valence-electron chi connectivity index (χ1n) is 6.65. The van der Waals surface area contributed by atoms with Gasteiger partial charge in [-0.25, -0.2) is 0 Å². The molecule has 0 heterocycles. The molecule has 18 heavy (non-hydrogen) atoms. The number of rotatable bonds is 3. The fourth-order valence-electron chi connectivity index (χ4n) is 2.88. The Morgan fingerprint density at radius 3 is 2.78 bits per heavy atom. The molecule has 0 radical (unpaired) electrons. The molecule has 2 atom stereocenters. The molecule has 1 saturated carbocycles. The van der Waals surface area contributed by atoms with E-state index >= 15 is 0 Å². The molecule has 1 aromatic carbocycles. The zero-order valence-electron chi connectivity index (χ0n) is 10.7. The Morgan fingerprint density at radius 1 is 1.11 bits per heavy atom. The molecular weight excluding hydrogens is 238 g/mol. The van der Waals surface area contributed by atoms with Crippen LogP contribution in [0.25, 0.3) is 0 Å². The van der Waals surface area contributed by atoms with Gasteiger partial charge in [0.05, 0.1) is 0 Å². The summed E-state index contributed by atoms with van der Waals surface area (Å²) in [4.78, 5) is 1.30. The average Bonchev–Trinajstić information content (AvgIpc) is 2.79. The Hall–Kier alpha value is -0.990. The molecule has 1 aromatic rings. The number of hydrogen-bond acceptors (Lipinski definition) is 2. The zero-order valence-corrected chi connectivity index (χ0v) is 11.5. The predicted molar refractivity (Wildman–Crippen MR) is 78.4 cm³/mol. The number of fused-ring (bicyclic) bond motifs is 1. The minimum absolute atomic E-state index is 0.630. The summed E-state index contributed by atoms with van der Waals surface area (Å²) < 4.78 is 3.62. The lowest BCUT2D eigenvalue weighted by atomic mass is 9.90. The summed E-state index contributed by atoms with van der Waals surface area (Å²) in [6, 6.07) is 11.2. The van der Waals surface area contributed by atoms with Crippen LogP contribution in [0.15, 0.2) is 58.5 Å². The SMILES string of the molecule is CC1=CC=C2CC(NSc3ccccc3)CC2C1. The van der Waals surface area contributed by atoms with Crippen LogP contribution in [0.5, 0.6) is 0 Å². The monoisotopic (exact) mass is 257 g/mol. The van der Waals surface area contributed by atoms with Crippen molar-refractivity contribution in [3.05, 3.63) is 53.6 Å². The Kier molecular flexibility index (Phi) is 3.57. The summed E-state index contributed by atoms with van der Waals surface area (Å²) in [5.74, 6) is 0.795. The minimum Gasteiger partial charge on any atom is -0.256 e. The molecule has 2 heteroatoms. The largest absolute Gasteiger partial charge is 0.256 e. The highest BCUT2D eigenvalue weighted by Gasteiger charge is 2.30. The van der Waals surface area contributed by atoms with Gasteiger partial charge in [0.25, 0.3) is 0 Å². The molecule has 1 N–H and O–H groups in total. The van der Waals surface area contributed by atoms with Crippen molar-refractivity contribution in [1.29, 1.82) is 0 Å². The Balaban J connectivity index is 1.55. The highest BCUT2D eigenvalue weighted by Crippen LogP contribution is 2.39. The standard InChI is InChI=1S/C16H19NS/c1-12-7-8-13-10-15(11-14(13)9-12)17-18-16-5-3-2-4-6-16/h2-8,14-15,17H,9-11H2,1H3. The number of hydrogen-bond donors (Lipinski definition) is 1. The molecule has 1 nitrogen and oxygen atoms in total. The van der Waals surface area contributed by atoms with E-state index in [0.29, 0.717) is 6.04 Å². The smallest absolute Gasteiger partial charge is 0.0228 e. The number of nitrogens with one attached hydrogen (secondary N) is 1. The fraction of sp³-hybridized carbons (Fsp3) is 0.375. The van der Waals surface area contributed by atoms with Gasteiger partial charge in [0.2, 0.25) is 0 Å². The average molecular weight is 257 g/mol. The van der Waals surface area contributed by atoms with Gasteiger partial charge in [-0.3, -0.25) is 4.72 Å². The summed E-state index contributed by atoms with van der Waals surface area (Å²) in [6.07, 6.45) is 8.40. The van der Waals surface area contributed by atoms with E-state index in [4.69, 9.17) is 0 Å². The van der Waals surface area contributed by atoms with Gasteiger partial charge in [-0.15, -0.1) is 0 Å². The molecule has 2 unspecified atom stereocenters. The molecule has 94 valence electrons. The van der Waals surface area contributed by atoms with Gasteiger partial charge in [-0.05, 0) is 56.2 Å². The lowest BCUT2D eigenvalue weighted by molar-refractivity contribution is 0.559. The topological polar surface area (TPSA) is 12.0 Å². The van der Waals surface area contributed by atoms with Gasteiger partial charge in [0.1, 0.15) is 0 Å². The second-order valence-corrected chi connectivity index (χ2v) is 6.24. The third kappa shape index (κ3) is 2.70. The molecule has 2 aliphatic rings. The summed E-state index contributed by atoms with van der Waals surface area (Å²) in [7, 11) is 0. The highest BCUT2D eigenvalue weighted by molar-refractivity contribution is 7.97. The lowest BCUT2D eigenvalue weighted by Gasteiger charge is -2.16. The fourth-order valence-corrected chi connectivity index (χ4v) is 3.66. The maximum atomic E-state index is 3.62. The van der Waals surface area contributed by atoms with Crippen LogP contribution in [0, 0.1) is 5.92 Å². The van der Waals surface area contributed by atoms with Crippen LogP contribution in [-0.4, -0.2) is 6.04 Å². The van der Waals surface area contributed by atoms with Crippen LogP contribution < -0.4 is 4.72 Å². The molecule has 0 amide bonds. The molecule has 0 aromatic heterocycles. The van der Waals surface area contributed by atoms with Crippen molar-refractivity contribution < 1.29 is 0 Å². The molecule has 0 aliphatic heterocycles. The summed E-state index contributed by atoms with van der Waals surface area (Å²) in [6.45, 7) is 2.24. The van der Waals surface area contributed by atoms with Crippen LogP contribution in [0.1, 0.15) is 26.2 Å². The van der Waals surface area contributed by atoms with Crippen molar-refractivity contribution in [2.45, 2.75) is 37.1 Å². The number of allylic oxidation sites excluding steroid dienone is 3. The first-order valence-corrected chi connectivity index (χ1v) is 7.46.